The number of para-hydroxylation sites is 1. The Hall–Kier alpha value is -4.60. The van der Waals surface area contributed by atoms with Gasteiger partial charge in [0.25, 0.3) is 11.8 Å². The Morgan fingerprint density at radius 3 is 2.57 bits per heavy atom. The van der Waals surface area contributed by atoms with Gasteiger partial charge in [-0.25, -0.2) is 27.0 Å². The summed E-state index contributed by atoms with van der Waals surface area (Å²) in [6, 6.07) is 3.88. The third-order valence-corrected chi connectivity index (χ3v) is 13.9. The molecule has 1 aromatic heterocycles. The number of allylic oxidation sites excluding steroid dienone is 1. The molecule has 2 fully saturated rings. The van der Waals surface area contributed by atoms with E-state index in [1.807, 2.05) is 19.9 Å². The van der Waals surface area contributed by atoms with Gasteiger partial charge < -0.3 is 25.0 Å². The third-order valence-electron chi connectivity index (χ3n) is 11.7. The monoisotopic (exact) mass is 797 g/mol. The van der Waals surface area contributed by atoms with Crippen LogP contribution < -0.4 is 20.1 Å². The van der Waals surface area contributed by atoms with Crippen molar-refractivity contribution < 1.29 is 45.9 Å². The summed E-state index contributed by atoms with van der Waals surface area (Å²) in [6.45, 7) is 6.46. The number of aryl methyl sites for hydroxylation is 1. The zero-order valence-electron chi connectivity index (χ0n) is 32.0. The number of ether oxygens (including phenoxy) is 2. The zero-order chi connectivity index (χ0) is 40.3. The largest absolute Gasteiger partial charge is 0.483 e. The van der Waals surface area contributed by atoms with Crippen LogP contribution in [0.4, 0.5) is 13.6 Å². The van der Waals surface area contributed by atoms with Gasteiger partial charge in [-0.05, 0) is 57.9 Å². The van der Waals surface area contributed by atoms with Crippen molar-refractivity contribution in [2.24, 2.45) is 11.8 Å². The van der Waals surface area contributed by atoms with E-state index in [0.717, 1.165) is 4.90 Å². The highest BCUT2D eigenvalue weighted by atomic mass is 32.2. The van der Waals surface area contributed by atoms with Gasteiger partial charge in [0.1, 0.15) is 23.2 Å². The number of amides is 4. The number of benzene rings is 1. The lowest BCUT2D eigenvalue weighted by atomic mass is 9.73. The summed E-state index contributed by atoms with van der Waals surface area (Å²) in [5.41, 5.74) is -3.40. The molecule has 3 aliphatic heterocycles. The molecule has 2 aliphatic carbocycles. The molecular weight excluding hydrogens is 749 g/mol. The average molecular weight is 798 g/mol. The van der Waals surface area contributed by atoms with E-state index in [9.17, 15) is 27.6 Å². The van der Waals surface area contributed by atoms with Gasteiger partial charge in [-0.2, -0.15) is 0 Å². The van der Waals surface area contributed by atoms with Crippen LogP contribution in [-0.4, -0.2) is 83.2 Å². The molecule has 1 aromatic carbocycles. The fourth-order valence-corrected chi connectivity index (χ4v) is 9.47. The Balaban J connectivity index is 1.27. The highest BCUT2D eigenvalue weighted by Crippen LogP contribution is 2.54. The number of aromatic nitrogens is 1. The van der Waals surface area contributed by atoms with Gasteiger partial charge in [0.15, 0.2) is 5.75 Å². The standard InChI is InChI=1S/C40H49F2N5O8S/c1-24(2)21-54-36(51)44-29-15-9-7-5-6-8-12-26-16-17-39(26,35(50)46-56(52,53)37(4)18-19-37)45-33(48)30-20-38(23-47(30)34(29)49)22-40(41,42)31-27-13-10-11-14-28(27)43-25(3)32(31)55-38/h8,10-14,16-17,24,26,29-30H,5-7,9,15,18-23H2,1-4H3,(H,44,51)(H,45,48)(H,46,50). The first kappa shape index (κ1) is 39.6. The number of pyridine rings is 1. The fourth-order valence-electron chi connectivity index (χ4n) is 8.17. The molecule has 2 aromatic rings. The highest BCUT2D eigenvalue weighted by molar-refractivity contribution is 7.91. The maximum atomic E-state index is 16.6. The lowest BCUT2D eigenvalue weighted by Gasteiger charge is -2.42. The van der Waals surface area contributed by atoms with Crippen LogP contribution in [0.25, 0.3) is 10.9 Å². The Morgan fingerprint density at radius 2 is 1.88 bits per heavy atom. The summed E-state index contributed by atoms with van der Waals surface area (Å²) in [7, 11) is -4.12. The molecule has 0 bridgehead atoms. The SMILES string of the molecule is Cc1nc2ccccc2c2c1OC1(CC3C(=O)NC4(C(=O)NS(=O)(=O)C5(C)CC5)C=CC4C=CCCCCCC(NC(=O)OCC(C)C)C(=O)N3C1)CC2(F)F. The predicted molar refractivity (Wildman–Crippen MR) is 202 cm³/mol. The number of hydrogen-bond acceptors (Lipinski definition) is 9. The molecule has 4 amide bonds. The van der Waals surface area contributed by atoms with Gasteiger partial charge in [0.2, 0.25) is 21.8 Å². The lowest BCUT2D eigenvalue weighted by molar-refractivity contribution is -0.142. The number of halogens is 2. The Labute approximate surface area is 325 Å². The van der Waals surface area contributed by atoms with E-state index in [1.54, 1.807) is 43.3 Å². The molecule has 1 saturated heterocycles. The van der Waals surface area contributed by atoms with E-state index in [-0.39, 0.29) is 41.3 Å². The van der Waals surface area contributed by atoms with Crippen LogP contribution in [0.3, 0.4) is 0 Å². The van der Waals surface area contributed by atoms with Crippen LogP contribution in [-0.2, 0) is 35.1 Å². The van der Waals surface area contributed by atoms with Crippen molar-refractivity contribution in [3.8, 4) is 5.75 Å². The Morgan fingerprint density at radius 1 is 1.12 bits per heavy atom. The minimum atomic E-state index is -4.12. The summed E-state index contributed by atoms with van der Waals surface area (Å²) < 4.78 is 72.7. The summed E-state index contributed by atoms with van der Waals surface area (Å²) in [5, 5.41) is 5.63. The predicted octanol–water partition coefficient (Wildman–Crippen LogP) is 5.07. The van der Waals surface area contributed by atoms with Gasteiger partial charge in [0, 0.05) is 17.7 Å². The number of carbonyl (C=O) groups is 4. The van der Waals surface area contributed by atoms with Gasteiger partial charge >= 0.3 is 6.09 Å². The number of sulfonamides is 1. The van der Waals surface area contributed by atoms with Crippen LogP contribution in [0, 0.1) is 18.8 Å². The molecule has 1 saturated carbocycles. The normalized spacial score (nSPS) is 29.5. The van der Waals surface area contributed by atoms with Crippen LogP contribution in [0.1, 0.15) is 89.8 Å². The van der Waals surface area contributed by atoms with Crippen LogP contribution in [0.15, 0.2) is 48.6 Å². The first-order valence-corrected chi connectivity index (χ1v) is 20.8. The van der Waals surface area contributed by atoms with E-state index >= 15 is 8.78 Å². The molecule has 5 atom stereocenters. The molecule has 5 unspecified atom stereocenters. The summed E-state index contributed by atoms with van der Waals surface area (Å²) >= 11 is 0. The number of alkyl carbamates (subject to hydrolysis) is 1. The van der Waals surface area contributed by atoms with E-state index in [1.165, 1.54) is 13.0 Å². The maximum Gasteiger partial charge on any atom is 0.407 e. The van der Waals surface area contributed by atoms with Gasteiger partial charge in [-0.1, -0.05) is 69.2 Å². The molecule has 4 heterocycles. The number of nitrogens with zero attached hydrogens (tertiary/aromatic N) is 2. The van der Waals surface area contributed by atoms with Crippen molar-refractivity contribution in [2.75, 3.05) is 13.2 Å². The molecular formula is C40H49F2N5O8S. The van der Waals surface area contributed by atoms with Gasteiger partial charge in [-0.15, -0.1) is 0 Å². The van der Waals surface area contributed by atoms with Crippen LogP contribution >= 0.6 is 0 Å². The molecule has 56 heavy (non-hydrogen) atoms. The molecule has 7 rings (SSSR count). The second-order valence-electron chi connectivity index (χ2n) is 16.7. The third kappa shape index (κ3) is 7.24. The van der Waals surface area contributed by atoms with Crippen molar-refractivity contribution in [3.63, 3.8) is 0 Å². The van der Waals surface area contributed by atoms with E-state index < -0.39 is 93.0 Å². The summed E-state index contributed by atoms with van der Waals surface area (Å²) in [4.78, 5) is 62.0. The maximum absolute atomic E-state index is 16.6. The number of hydrogen-bond donors (Lipinski definition) is 3. The molecule has 5 aliphatic rings. The molecule has 16 heteroatoms. The first-order chi connectivity index (χ1) is 26.4. The number of alkyl halides is 2. The Bertz CT molecular complexity index is 2120. The molecule has 3 N–H and O–H groups in total. The Kier molecular flexibility index (Phi) is 10.2. The smallest absolute Gasteiger partial charge is 0.407 e. The van der Waals surface area contributed by atoms with Gasteiger partial charge in [-0.3, -0.25) is 19.1 Å². The number of carbonyl (C=O) groups excluding carboxylic acids is 4. The molecule has 1 spiro atoms. The minimum Gasteiger partial charge on any atom is -0.483 e. The second kappa shape index (κ2) is 14.4. The quantitative estimate of drug-likeness (QED) is 0.338. The average Bonchev–Trinajstić information content (AvgIpc) is 3.79. The van der Waals surface area contributed by atoms with Crippen molar-refractivity contribution in [2.45, 2.75) is 119 Å². The van der Waals surface area contributed by atoms with Crippen molar-refractivity contribution in [3.05, 3.63) is 59.8 Å². The van der Waals surface area contributed by atoms with E-state index in [0.29, 0.717) is 44.0 Å². The molecule has 13 nitrogen and oxygen atoms in total. The summed E-state index contributed by atoms with van der Waals surface area (Å²) in [6.07, 6.45) is 7.96. The van der Waals surface area contributed by atoms with Crippen molar-refractivity contribution in [1.82, 2.24) is 25.2 Å². The molecule has 0 radical (unpaired) electrons. The highest BCUT2D eigenvalue weighted by Gasteiger charge is 2.61. The van der Waals surface area contributed by atoms with Crippen LogP contribution in [0.2, 0.25) is 0 Å². The summed E-state index contributed by atoms with van der Waals surface area (Å²) in [5.74, 6) is -6.88. The number of fused-ring (bicyclic) bond motifs is 5. The van der Waals surface area contributed by atoms with Gasteiger partial charge in [0.05, 0.1) is 41.1 Å². The van der Waals surface area contributed by atoms with E-state index in [4.69, 9.17) is 9.47 Å². The molecule has 302 valence electrons. The van der Waals surface area contributed by atoms with E-state index in [2.05, 4.69) is 20.3 Å². The minimum absolute atomic E-state index is 0.0167. The van der Waals surface area contributed by atoms with Crippen molar-refractivity contribution >= 4 is 44.7 Å². The topological polar surface area (TPSA) is 173 Å². The van der Waals surface area contributed by atoms with Crippen LogP contribution in [0.5, 0.6) is 5.75 Å². The second-order valence-corrected chi connectivity index (χ2v) is 18.9. The zero-order valence-corrected chi connectivity index (χ0v) is 32.8. The fraction of sp³-hybridized carbons (Fsp3) is 0.575. The lowest BCUT2D eigenvalue weighted by Crippen LogP contribution is -2.67. The number of rotatable bonds is 6. The van der Waals surface area contributed by atoms with Crippen molar-refractivity contribution in [1.29, 1.82) is 0 Å². The number of nitrogens with one attached hydrogen (secondary N) is 3. The first-order valence-electron chi connectivity index (χ1n) is 19.3.